The average molecular weight is 314 g/mol. The number of halogens is 3. The molecule has 1 aromatic rings. The fourth-order valence-electron chi connectivity index (χ4n) is 3.18. The summed E-state index contributed by atoms with van der Waals surface area (Å²) in [4.78, 5) is 11.6. The Kier molecular flexibility index (Phi) is 5.48. The molecule has 2 rings (SSSR count). The average Bonchev–Trinajstić information content (AvgIpc) is 2.47. The molecule has 122 valence electrons. The van der Waals surface area contributed by atoms with Gasteiger partial charge in [0.05, 0.1) is 12.2 Å². The molecule has 1 aromatic carbocycles. The minimum atomic E-state index is -4.29. The van der Waals surface area contributed by atoms with Crippen molar-refractivity contribution >= 4 is 5.97 Å². The number of hydrogen-bond acceptors (Lipinski definition) is 2. The van der Waals surface area contributed by atoms with Crippen LogP contribution < -0.4 is 0 Å². The molecule has 0 bridgehead atoms. The Morgan fingerprint density at radius 2 is 1.91 bits per heavy atom. The van der Waals surface area contributed by atoms with Crippen LogP contribution in [0.3, 0.4) is 0 Å². The molecular formula is C17H21F3O2. The topological polar surface area (TPSA) is 26.3 Å². The van der Waals surface area contributed by atoms with Crippen LogP contribution in [0.5, 0.6) is 0 Å². The largest absolute Gasteiger partial charge is 0.466 e. The molecular weight excluding hydrogens is 293 g/mol. The van der Waals surface area contributed by atoms with Crippen molar-refractivity contribution in [1.82, 2.24) is 0 Å². The number of carbonyl (C=O) groups excluding carboxylic acids is 1. The van der Waals surface area contributed by atoms with E-state index in [2.05, 4.69) is 0 Å². The molecule has 2 atom stereocenters. The van der Waals surface area contributed by atoms with Gasteiger partial charge in [-0.1, -0.05) is 18.6 Å². The lowest BCUT2D eigenvalue weighted by molar-refractivity contribution is -0.144. The molecule has 0 spiro atoms. The Hall–Kier alpha value is -1.52. The Bertz CT molecular complexity index is 494. The van der Waals surface area contributed by atoms with E-state index in [1.165, 1.54) is 0 Å². The van der Waals surface area contributed by atoms with Crippen molar-refractivity contribution in [2.45, 2.75) is 51.1 Å². The third-order valence-corrected chi connectivity index (χ3v) is 4.25. The number of esters is 1. The van der Waals surface area contributed by atoms with Crippen LogP contribution in [-0.2, 0) is 15.7 Å². The molecule has 1 saturated carbocycles. The van der Waals surface area contributed by atoms with Crippen LogP contribution in [0.25, 0.3) is 0 Å². The number of ether oxygens (including phenoxy) is 1. The molecule has 0 N–H and O–H groups in total. The highest BCUT2D eigenvalue weighted by Gasteiger charge is 2.31. The zero-order valence-corrected chi connectivity index (χ0v) is 12.7. The zero-order valence-electron chi connectivity index (χ0n) is 12.7. The van der Waals surface area contributed by atoms with E-state index < -0.39 is 11.7 Å². The molecule has 0 amide bonds. The molecule has 1 aliphatic carbocycles. The summed E-state index contributed by atoms with van der Waals surface area (Å²) >= 11 is 0. The maximum atomic E-state index is 12.6. The second-order valence-electron chi connectivity index (χ2n) is 5.86. The van der Waals surface area contributed by atoms with Crippen LogP contribution in [0, 0.1) is 5.92 Å². The summed E-state index contributed by atoms with van der Waals surface area (Å²) in [6.07, 6.45) is -0.108. The molecule has 1 aliphatic rings. The summed E-state index contributed by atoms with van der Waals surface area (Å²) in [5, 5.41) is 0. The molecule has 2 nitrogen and oxygen atoms in total. The molecule has 5 heteroatoms. The number of alkyl halides is 3. The first kappa shape index (κ1) is 16.8. The van der Waals surface area contributed by atoms with Crippen molar-refractivity contribution < 1.29 is 22.7 Å². The van der Waals surface area contributed by atoms with Gasteiger partial charge in [-0.25, -0.2) is 0 Å². The summed E-state index contributed by atoms with van der Waals surface area (Å²) in [5.74, 6) is 0.316. The van der Waals surface area contributed by atoms with Gasteiger partial charge in [0.15, 0.2) is 0 Å². The predicted octanol–water partition coefficient (Wildman–Crippen LogP) is 4.93. The van der Waals surface area contributed by atoms with Crippen molar-refractivity contribution in [1.29, 1.82) is 0 Å². The highest BCUT2D eigenvalue weighted by Crippen LogP contribution is 2.38. The molecule has 0 saturated heterocycles. The van der Waals surface area contributed by atoms with Gasteiger partial charge in [0, 0.05) is 6.42 Å². The van der Waals surface area contributed by atoms with Gasteiger partial charge in [-0.2, -0.15) is 13.2 Å². The van der Waals surface area contributed by atoms with Crippen molar-refractivity contribution in [3.05, 3.63) is 35.4 Å². The number of hydrogen-bond donors (Lipinski definition) is 0. The van der Waals surface area contributed by atoms with Gasteiger partial charge in [0.25, 0.3) is 0 Å². The second kappa shape index (κ2) is 7.16. The third kappa shape index (κ3) is 4.49. The van der Waals surface area contributed by atoms with Gasteiger partial charge >= 0.3 is 12.1 Å². The zero-order chi connectivity index (χ0) is 16.2. The number of benzene rings is 1. The lowest BCUT2D eigenvalue weighted by Crippen LogP contribution is -2.19. The number of carbonyl (C=O) groups is 1. The van der Waals surface area contributed by atoms with Crippen LogP contribution >= 0.6 is 0 Å². The molecule has 1 fully saturated rings. The van der Waals surface area contributed by atoms with Gasteiger partial charge in [-0.3, -0.25) is 4.79 Å². The second-order valence-corrected chi connectivity index (χ2v) is 5.86. The third-order valence-electron chi connectivity index (χ3n) is 4.25. The van der Waals surface area contributed by atoms with E-state index in [-0.39, 0.29) is 17.8 Å². The minimum Gasteiger partial charge on any atom is -0.466 e. The van der Waals surface area contributed by atoms with Crippen LogP contribution in [0.15, 0.2) is 24.3 Å². The van der Waals surface area contributed by atoms with Crippen molar-refractivity contribution in [2.75, 3.05) is 6.61 Å². The van der Waals surface area contributed by atoms with E-state index >= 15 is 0 Å². The maximum Gasteiger partial charge on any atom is 0.416 e. The van der Waals surface area contributed by atoms with Crippen molar-refractivity contribution in [2.24, 2.45) is 5.92 Å². The standard InChI is InChI=1S/C17H21F3O2/c1-2-22-16(21)11-12-4-3-5-14(10-12)13-6-8-15(9-7-13)17(18,19)20/h6-9,12,14H,2-5,10-11H2,1H3. The SMILES string of the molecule is CCOC(=O)CC1CCCC(c2ccc(C(F)(F)F)cc2)C1. The van der Waals surface area contributed by atoms with E-state index in [9.17, 15) is 18.0 Å². The molecule has 2 unspecified atom stereocenters. The normalized spacial score (nSPS) is 22.4. The van der Waals surface area contributed by atoms with E-state index in [0.717, 1.165) is 43.4 Å². The fraction of sp³-hybridized carbons (Fsp3) is 0.588. The monoisotopic (exact) mass is 314 g/mol. The van der Waals surface area contributed by atoms with Crippen LogP contribution in [0.1, 0.15) is 56.1 Å². The predicted molar refractivity (Wildman–Crippen MR) is 77.4 cm³/mol. The highest BCUT2D eigenvalue weighted by molar-refractivity contribution is 5.69. The Morgan fingerprint density at radius 1 is 1.23 bits per heavy atom. The Morgan fingerprint density at radius 3 is 2.50 bits per heavy atom. The molecule has 0 heterocycles. The van der Waals surface area contributed by atoms with E-state index in [1.54, 1.807) is 19.1 Å². The molecule has 0 aromatic heterocycles. The van der Waals surface area contributed by atoms with Crippen LogP contribution in [-0.4, -0.2) is 12.6 Å². The fourth-order valence-corrected chi connectivity index (χ4v) is 3.18. The molecule has 0 aliphatic heterocycles. The summed E-state index contributed by atoms with van der Waals surface area (Å²) in [6.45, 7) is 2.16. The van der Waals surface area contributed by atoms with Crippen LogP contribution in [0.4, 0.5) is 13.2 Å². The van der Waals surface area contributed by atoms with Gasteiger partial charge in [-0.05, 0) is 55.7 Å². The summed E-state index contributed by atoms with van der Waals surface area (Å²) in [5.41, 5.74) is 0.316. The van der Waals surface area contributed by atoms with Gasteiger partial charge in [-0.15, -0.1) is 0 Å². The highest BCUT2D eigenvalue weighted by atomic mass is 19.4. The molecule has 0 radical (unpaired) electrons. The van der Waals surface area contributed by atoms with Crippen molar-refractivity contribution in [3.63, 3.8) is 0 Å². The lowest BCUT2D eigenvalue weighted by Gasteiger charge is -2.29. The molecule has 22 heavy (non-hydrogen) atoms. The minimum absolute atomic E-state index is 0.180. The summed E-state index contributed by atoms with van der Waals surface area (Å²) in [6, 6.07) is 5.43. The maximum absolute atomic E-state index is 12.6. The summed E-state index contributed by atoms with van der Waals surface area (Å²) in [7, 11) is 0. The van der Waals surface area contributed by atoms with E-state index in [1.807, 2.05) is 0 Å². The Labute approximate surface area is 128 Å². The van der Waals surface area contributed by atoms with Crippen LogP contribution in [0.2, 0.25) is 0 Å². The van der Waals surface area contributed by atoms with Gasteiger partial charge in [0.2, 0.25) is 0 Å². The van der Waals surface area contributed by atoms with Gasteiger partial charge in [0.1, 0.15) is 0 Å². The first-order valence-electron chi connectivity index (χ1n) is 7.73. The Balaban J connectivity index is 1.98. The summed E-state index contributed by atoms with van der Waals surface area (Å²) < 4.78 is 42.7. The van der Waals surface area contributed by atoms with Gasteiger partial charge < -0.3 is 4.74 Å². The lowest BCUT2D eigenvalue weighted by atomic mass is 9.77. The van der Waals surface area contributed by atoms with E-state index in [0.29, 0.717) is 13.0 Å². The first-order valence-corrected chi connectivity index (χ1v) is 7.73. The quantitative estimate of drug-likeness (QED) is 0.736. The van der Waals surface area contributed by atoms with E-state index in [4.69, 9.17) is 4.74 Å². The van der Waals surface area contributed by atoms with Crippen molar-refractivity contribution in [3.8, 4) is 0 Å². The number of rotatable bonds is 4. The first-order chi connectivity index (χ1) is 10.4. The smallest absolute Gasteiger partial charge is 0.416 e.